The van der Waals surface area contributed by atoms with E-state index >= 15 is 0 Å². The number of thioether (sulfide) groups is 1. The lowest BCUT2D eigenvalue weighted by Gasteiger charge is -2.07. The summed E-state index contributed by atoms with van der Waals surface area (Å²) in [5.74, 6) is -0.500. The number of furan rings is 1. The molecule has 1 fully saturated rings. The zero-order valence-corrected chi connectivity index (χ0v) is 14.7. The third kappa shape index (κ3) is 3.21. The van der Waals surface area contributed by atoms with Gasteiger partial charge in [0.1, 0.15) is 11.5 Å². The van der Waals surface area contributed by atoms with Gasteiger partial charge in [-0.3, -0.25) is 14.5 Å². The Hall–Kier alpha value is -3.06. The van der Waals surface area contributed by atoms with Gasteiger partial charge in [0.05, 0.1) is 10.5 Å². The SMILES string of the molecule is C=CCN1C(=O)S/C(=C/c2ccc(-c3cccc(C(=O)O)c3C)o2)C1=O. The summed E-state index contributed by atoms with van der Waals surface area (Å²) in [6, 6.07) is 8.31. The molecule has 1 N–H and O–H groups in total. The van der Waals surface area contributed by atoms with Gasteiger partial charge in [-0.25, -0.2) is 4.79 Å². The van der Waals surface area contributed by atoms with Gasteiger partial charge in [0.2, 0.25) is 0 Å². The van der Waals surface area contributed by atoms with Crippen molar-refractivity contribution in [3.63, 3.8) is 0 Å². The zero-order valence-electron chi connectivity index (χ0n) is 13.9. The minimum Gasteiger partial charge on any atom is -0.478 e. The van der Waals surface area contributed by atoms with Crippen molar-refractivity contribution >= 4 is 35.0 Å². The molecule has 0 radical (unpaired) electrons. The van der Waals surface area contributed by atoms with Gasteiger partial charge in [0.15, 0.2) is 0 Å². The predicted molar refractivity (Wildman–Crippen MR) is 98.7 cm³/mol. The molecular formula is C19H15NO5S. The first kappa shape index (κ1) is 17.8. The number of carbonyl (C=O) groups excluding carboxylic acids is 2. The Labute approximate surface area is 153 Å². The van der Waals surface area contributed by atoms with Crippen molar-refractivity contribution in [2.75, 3.05) is 6.54 Å². The van der Waals surface area contributed by atoms with E-state index in [1.54, 1.807) is 31.2 Å². The predicted octanol–water partition coefficient (Wildman–Crippen LogP) is 4.18. The van der Waals surface area contributed by atoms with Crippen LogP contribution in [0, 0.1) is 6.92 Å². The number of hydrogen-bond donors (Lipinski definition) is 1. The zero-order chi connectivity index (χ0) is 18.8. The minimum atomic E-state index is -1.01. The Bertz CT molecular complexity index is 957. The third-order valence-corrected chi connectivity index (χ3v) is 4.82. The summed E-state index contributed by atoms with van der Waals surface area (Å²) in [6.07, 6.45) is 3.00. The number of carboxylic acid groups (broad SMARTS) is 1. The second-order valence-electron chi connectivity index (χ2n) is 5.57. The first-order valence-corrected chi connectivity index (χ1v) is 8.53. The van der Waals surface area contributed by atoms with Crippen LogP contribution in [-0.4, -0.2) is 33.7 Å². The van der Waals surface area contributed by atoms with Crippen molar-refractivity contribution in [3.8, 4) is 11.3 Å². The van der Waals surface area contributed by atoms with Crippen LogP contribution in [0.2, 0.25) is 0 Å². The van der Waals surface area contributed by atoms with Gasteiger partial charge >= 0.3 is 5.97 Å². The fraction of sp³-hybridized carbons (Fsp3) is 0.105. The number of rotatable bonds is 5. The molecule has 3 rings (SSSR count). The molecule has 0 atom stereocenters. The Balaban J connectivity index is 1.91. The van der Waals surface area contributed by atoms with E-state index < -0.39 is 5.97 Å². The van der Waals surface area contributed by atoms with Crippen molar-refractivity contribution < 1.29 is 23.9 Å². The average Bonchev–Trinajstić information content (AvgIpc) is 3.15. The maximum atomic E-state index is 12.2. The summed E-state index contributed by atoms with van der Waals surface area (Å²) < 4.78 is 5.74. The molecule has 132 valence electrons. The lowest BCUT2D eigenvalue weighted by Crippen LogP contribution is -2.27. The summed E-state index contributed by atoms with van der Waals surface area (Å²) in [4.78, 5) is 36.7. The summed E-state index contributed by atoms with van der Waals surface area (Å²) in [6.45, 7) is 5.40. The highest BCUT2D eigenvalue weighted by atomic mass is 32.2. The first-order chi connectivity index (χ1) is 12.4. The third-order valence-electron chi connectivity index (χ3n) is 3.92. The van der Waals surface area contributed by atoms with E-state index in [1.165, 1.54) is 18.2 Å². The normalized spacial score (nSPS) is 15.7. The number of carboxylic acids is 1. The Morgan fingerprint density at radius 2 is 2.08 bits per heavy atom. The van der Waals surface area contributed by atoms with E-state index in [9.17, 15) is 19.5 Å². The lowest BCUT2D eigenvalue weighted by molar-refractivity contribution is -0.122. The molecule has 2 heterocycles. The summed E-state index contributed by atoms with van der Waals surface area (Å²) in [5.41, 5.74) is 1.45. The first-order valence-electron chi connectivity index (χ1n) is 7.71. The molecular weight excluding hydrogens is 354 g/mol. The van der Waals surface area contributed by atoms with E-state index in [1.807, 2.05) is 0 Å². The number of hydrogen-bond acceptors (Lipinski definition) is 5. The number of aromatic carboxylic acids is 1. The van der Waals surface area contributed by atoms with Gasteiger partial charge in [-0.1, -0.05) is 18.2 Å². The van der Waals surface area contributed by atoms with Crippen LogP contribution in [0.3, 0.4) is 0 Å². The molecule has 2 aromatic rings. The summed E-state index contributed by atoms with van der Waals surface area (Å²) >= 11 is 0.844. The van der Waals surface area contributed by atoms with Gasteiger partial charge < -0.3 is 9.52 Å². The Morgan fingerprint density at radius 3 is 2.77 bits per heavy atom. The highest BCUT2D eigenvalue weighted by Crippen LogP contribution is 2.34. The molecule has 0 spiro atoms. The van der Waals surface area contributed by atoms with Crippen molar-refractivity contribution in [1.82, 2.24) is 4.90 Å². The van der Waals surface area contributed by atoms with Crippen LogP contribution in [0.4, 0.5) is 4.79 Å². The van der Waals surface area contributed by atoms with Crippen LogP contribution in [0.15, 0.2) is 52.3 Å². The number of imide groups is 1. The molecule has 0 unspecified atom stereocenters. The standard InChI is InChI=1S/C19H15NO5S/c1-3-9-20-17(21)16(26-19(20)24)10-12-7-8-15(25-12)13-5-4-6-14(11(13)2)18(22)23/h3-8,10H,1,9H2,2H3,(H,22,23)/b16-10+. The quantitative estimate of drug-likeness (QED) is 0.628. The van der Waals surface area contributed by atoms with Crippen LogP contribution in [0.25, 0.3) is 17.4 Å². The van der Waals surface area contributed by atoms with E-state index in [-0.39, 0.29) is 28.2 Å². The maximum Gasteiger partial charge on any atom is 0.335 e. The topological polar surface area (TPSA) is 87.8 Å². The lowest BCUT2D eigenvalue weighted by atomic mass is 10.0. The maximum absolute atomic E-state index is 12.2. The molecule has 1 aromatic carbocycles. The highest BCUT2D eigenvalue weighted by Gasteiger charge is 2.34. The summed E-state index contributed by atoms with van der Waals surface area (Å²) in [5, 5.41) is 8.88. The van der Waals surface area contributed by atoms with Crippen LogP contribution in [0.5, 0.6) is 0 Å². The second kappa shape index (κ2) is 7.05. The minimum absolute atomic E-state index is 0.159. The van der Waals surface area contributed by atoms with Crippen LogP contribution < -0.4 is 0 Å². The average molecular weight is 369 g/mol. The molecule has 0 saturated carbocycles. The van der Waals surface area contributed by atoms with E-state index in [4.69, 9.17) is 4.42 Å². The van der Waals surface area contributed by atoms with Crippen LogP contribution >= 0.6 is 11.8 Å². The van der Waals surface area contributed by atoms with Crippen molar-refractivity contribution in [1.29, 1.82) is 0 Å². The fourth-order valence-electron chi connectivity index (χ4n) is 2.63. The van der Waals surface area contributed by atoms with E-state index in [0.29, 0.717) is 22.6 Å². The monoisotopic (exact) mass is 369 g/mol. The number of benzene rings is 1. The molecule has 1 aliphatic rings. The van der Waals surface area contributed by atoms with E-state index in [0.717, 1.165) is 16.7 Å². The smallest absolute Gasteiger partial charge is 0.335 e. The number of amides is 2. The van der Waals surface area contributed by atoms with Crippen molar-refractivity contribution in [2.45, 2.75) is 6.92 Å². The molecule has 1 saturated heterocycles. The van der Waals surface area contributed by atoms with Crippen LogP contribution in [0.1, 0.15) is 21.7 Å². The molecule has 1 aromatic heterocycles. The van der Waals surface area contributed by atoms with Gasteiger partial charge in [-0.15, -0.1) is 6.58 Å². The molecule has 7 heteroatoms. The molecule has 1 aliphatic heterocycles. The second-order valence-corrected chi connectivity index (χ2v) is 6.56. The molecule has 0 bridgehead atoms. The summed E-state index contributed by atoms with van der Waals surface area (Å²) in [7, 11) is 0. The molecule has 6 nitrogen and oxygen atoms in total. The molecule has 2 amide bonds. The van der Waals surface area contributed by atoms with Gasteiger partial charge in [0, 0.05) is 18.2 Å². The van der Waals surface area contributed by atoms with Gasteiger partial charge in [0.25, 0.3) is 11.1 Å². The largest absolute Gasteiger partial charge is 0.478 e. The fourth-order valence-corrected chi connectivity index (χ4v) is 3.45. The Kier molecular flexibility index (Phi) is 4.81. The van der Waals surface area contributed by atoms with Crippen LogP contribution in [-0.2, 0) is 4.79 Å². The van der Waals surface area contributed by atoms with Gasteiger partial charge in [-0.2, -0.15) is 0 Å². The Morgan fingerprint density at radius 1 is 1.31 bits per heavy atom. The molecule has 0 aliphatic carbocycles. The highest BCUT2D eigenvalue weighted by molar-refractivity contribution is 8.18. The molecule has 26 heavy (non-hydrogen) atoms. The van der Waals surface area contributed by atoms with E-state index in [2.05, 4.69) is 6.58 Å². The number of carbonyl (C=O) groups is 3. The van der Waals surface area contributed by atoms with Gasteiger partial charge in [-0.05, 0) is 42.4 Å². The van der Waals surface area contributed by atoms with Crippen molar-refractivity contribution in [2.24, 2.45) is 0 Å². The van der Waals surface area contributed by atoms with Crippen molar-refractivity contribution in [3.05, 3.63) is 64.8 Å². The number of nitrogens with zero attached hydrogens (tertiary/aromatic N) is 1.